The zero-order chi connectivity index (χ0) is 12.4. The molecular weight excluding hydrogens is 264 g/mol. The second-order valence-electron chi connectivity index (χ2n) is 4.27. The van der Waals surface area contributed by atoms with Gasteiger partial charge in [-0.05, 0) is 17.5 Å². The quantitative estimate of drug-likeness (QED) is 0.864. The van der Waals surface area contributed by atoms with Crippen molar-refractivity contribution in [3.8, 4) is 0 Å². The Morgan fingerprint density at radius 3 is 2.61 bits per heavy atom. The summed E-state index contributed by atoms with van der Waals surface area (Å²) in [6, 6.07) is 4.31. The summed E-state index contributed by atoms with van der Waals surface area (Å²) >= 11 is 3.34. The molecule has 2 aromatic rings. The van der Waals surface area contributed by atoms with Crippen LogP contribution in [0.4, 0.5) is 10.1 Å². The van der Waals surface area contributed by atoms with Gasteiger partial charge in [-0.1, -0.05) is 6.92 Å². The lowest BCUT2D eigenvalue weighted by Gasteiger charge is -2.34. The van der Waals surface area contributed by atoms with E-state index in [1.165, 1.54) is 16.5 Å². The summed E-state index contributed by atoms with van der Waals surface area (Å²) in [5.74, 6) is 0.968. The molecule has 6 heteroatoms. The van der Waals surface area contributed by atoms with E-state index >= 15 is 0 Å². The second kappa shape index (κ2) is 5.24. The van der Waals surface area contributed by atoms with Crippen LogP contribution in [0, 0.1) is 0 Å². The molecule has 1 fully saturated rings. The zero-order valence-corrected chi connectivity index (χ0v) is 12.0. The number of thiophene rings is 1. The number of piperazine rings is 1. The summed E-state index contributed by atoms with van der Waals surface area (Å²) in [5.41, 5.74) is 0. The first-order chi connectivity index (χ1) is 8.86. The van der Waals surface area contributed by atoms with Crippen LogP contribution in [0.2, 0.25) is 0 Å². The van der Waals surface area contributed by atoms with Gasteiger partial charge in [0.15, 0.2) is 0 Å². The molecule has 0 aromatic carbocycles. The highest BCUT2D eigenvalue weighted by atomic mass is 32.1. The number of nitrogens with zero attached hydrogens (tertiary/aromatic N) is 4. The number of anilines is 2. The molecule has 0 N–H and O–H groups in total. The van der Waals surface area contributed by atoms with Crippen LogP contribution in [0.15, 0.2) is 17.5 Å². The predicted octanol–water partition coefficient (Wildman–Crippen LogP) is 2.49. The Labute approximate surface area is 115 Å². The molecule has 0 unspecified atom stereocenters. The van der Waals surface area contributed by atoms with Crippen LogP contribution in [0.1, 0.15) is 12.7 Å². The van der Waals surface area contributed by atoms with Crippen LogP contribution in [0.5, 0.6) is 0 Å². The average molecular weight is 280 g/mol. The van der Waals surface area contributed by atoms with E-state index in [1.807, 2.05) is 11.3 Å². The number of hydrogen-bond acceptors (Lipinski definition) is 6. The molecule has 0 spiro atoms. The van der Waals surface area contributed by atoms with Gasteiger partial charge in [0.25, 0.3) is 0 Å². The second-order valence-corrected chi connectivity index (χ2v) is 5.93. The van der Waals surface area contributed by atoms with E-state index in [0.29, 0.717) is 0 Å². The van der Waals surface area contributed by atoms with Crippen LogP contribution in [-0.2, 0) is 6.42 Å². The van der Waals surface area contributed by atoms with Crippen LogP contribution < -0.4 is 9.80 Å². The Hall–Kier alpha value is -1.14. The Balaban J connectivity index is 1.63. The minimum absolute atomic E-state index is 0.922. The Morgan fingerprint density at radius 2 is 2.00 bits per heavy atom. The zero-order valence-electron chi connectivity index (χ0n) is 10.4. The van der Waals surface area contributed by atoms with Crippen molar-refractivity contribution in [3.63, 3.8) is 0 Å². The molecule has 4 nitrogen and oxygen atoms in total. The molecule has 0 radical (unpaired) electrons. The highest BCUT2D eigenvalue weighted by Gasteiger charge is 2.20. The van der Waals surface area contributed by atoms with Gasteiger partial charge < -0.3 is 9.80 Å². The molecule has 0 saturated carbocycles. The van der Waals surface area contributed by atoms with E-state index in [9.17, 15) is 0 Å². The van der Waals surface area contributed by atoms with Crippen molar-refractivity contribution >= 4 is 33.0 Å². The molecular formula is C12H16N4S2. The fourth-order valence-electron chi connectivity index (χ4n) is 2.08. The first-order valence-corrected chi connectivity index (χ1v) is 7.88. The average Bonchev–Trinajstić information content (AvgIpc) is 3.10. The van der Waals surface area contributed by atoms with Crippen molar-refractivity contribution in [3.05, 3.63) is 23.3 Å². The molecule has 2 aromatic heterocycles. The van der Waals surface area contributed by atoms with Crippen molar-refractivity contribution < 1.29 is 0 Å². The molecule has 0 amide bonds. The lowest BCUT2D eigenvalue weighted by Crippen LogP contribution is -2.46. The van der Waals surface area contributed by atoms with E-state index in [1.54, 1.807) is 0 Å². The summed E-state index contributed by atoms with van der Waals surface area (Å²) in [6.07, 6.45) is 0.922. The van der Waals surface area contributed by atoms with Crippen molar-refractivity contribution in [1.82, 2.24) is 9.36 Å². The SMILES string of the molecule is CCc1nsc(N2CCN(c3cccs3)CC2)n1. The topological polar surface area (TPSA) is 32.3 Å². The highest BCUT2D eigenvalue weighted by molar-refractivity contribution is 7.14. The Bertz CT molecular complexity index is 486. The van der Waals surface area contributed by atoms with Crippen molar-refractivity contribution in [2.24, 2.45) is 0 Å². The summed E-state index contributed by atoms with van der Waals surface area (Å²) in [5, 5.41) is 4.60. The van der Waals surface area contributed by atoms with E-state index in [2.05, 4.69) is 43.6 Å². The monoisotopic (exact) mass is 280 g/mol. The Morgan fingerprint density at radius 1 is 1.22 bits per heavy atom. The van der Waals surface area contributed by atoms with Gasteiger partial charge in [0.2, 0.25) is 5.13 Å². The molecule has 18 heavy (non-hydrogen) atoms. The normalized spacial score (nSPS) is 16.3. The minimum atomic E-state index is 0.922. The van der Waals surface area contributed by atoms with Crippen LogP contribution in [0.3, 0.4) is 0 Å². The smallest absolute Gasteiger partial charge is 0.205 e. The summed E-state index contributed by atoms with van der Waals surface area (Å²) in [7, 11) is 0. The number of rotatable bonds is 3. The Kier molecular flexibility index (Phi) is 3.47. The first-order valence-electron chi connectivity index (χ1n) is 6.23. The molecule has 3 rings (SSSR count). The van der Waals surface area contributed by atoms with Gasteiger partial charge in [-0.2, -0.15) is 4.37 Å². The van der Waals surface area contributed by atoms with Gasteiger partial charge in [-0.15, -0.1) is 11.3 Å². The summed E-state index contributed by atoms with van der Waals surface area (Å²) < 4.78 is 4.36. The van der Waals surface area contributed by atoms with Gasteiger partial charge in [-0.25, -0.2) is 4.98 Å². The van der Waals surface area contributed by atoms with Gasteiger partial charge in [0.05, 0.1) is 5.00 Å². The largest absolute Gasteiger partial charge is 0.360 e. The fraction of sp³-hybridized carbons (Fsp3) is 0.500. The van der Waals surface area contributed by atoms with E-state index < -0.39 is 0 Å². The van der Waals surface area contributed by atoms with E-state index in [4.69, 9.17) is 0 Å². The minimum Gasteiger partial charge on any atom is -0.360 e. The standard InChI is InChI=1S/C12H16N4S2/c1-2-10-13-12(18-14-10)16-7-5-15(6-8-16)11-4-3-9-17-11/h3-4,9H,2,5-8H2,1H3. The molecule has 0 bridgehead atoms. The maximum atomic E-state index is 4.56. The van der Waals surface area contributed by atoms with Gasteiger partial charge in [0, 0.05) is 44.1 Å². The highest BCUT2D eigenvalue weighted by Crippen LogP contribution is 2.25. The predicted molar refractivity (Wildman–Crippen MR) is 78.0 cm³/mol. The lowest BCUT2D eigenvalue weighted by molar-refractivity contribution is 0.655. The molecule has 0 atom stereocenters. The summed E-state index contributed by atoms with van der Waals surface area (Å²) in [6.45, 7) is 6.32. The molecule has 1 saturated heterocycles. The fourth-order valence-corrected chi connectivity index (χ4v) is 3.67. The lowest BCUT2D eigenvalue weighted by atomic mass is 10.3. The van der Waals surface area contributed by atoms with Gasteiger partial charge in [-0.3, -0.25) is 0 Å². The van der Waals surface area contributed by atoms with E-state index in [0.717, 1.165) is 43.6 Å². The summed E-state index contributed by atoms with van der Waals surface area (Å²) in [4.78, 5) is 9.35. The third-order valence-electron chi connectivity index (χ3n) is 3.14. The number of aryl methyl sites for hydroxylation is 1. The van der Waals surface area contributed by atoms with E-state index in [-0.39, 0.29) is 0 Å². The molecule has 96 valence electrons. The third kappa shape index (κ3) is 2.35. The van der Waals surface area contributed by atoms with Crippen LogP contribution in [0.25, 0.3) is 0 Å². The first kappa shape index (κ1) is 11.9. The number of aromatic nitrogens is 2. The van der Waals surface area contributed by atoms with Gasteiger partial charge in [0.1, 0.15) is 5.82 Å². The number of hydrogen-bond donors (Lipinski definition) is 0. The van der Waals surface area contributed by atoms with Gasteiger partial charge >= 0.3 is 0 Å². The molecule has 1 aliphatic rings. The molecule has 0 aliphatic carbocycles. The third-order valence-corrected chi connectivity index (χ3v) is 4.89. The van der Waals surface area contributed by atoms with Crippen molar-refractivity contribution in [2.75, 3.05) is 36.0 Å². The van der Waals surface area contributed by atoms with Crippen LogP contribution >= 0.6 is 22.9 Å². The van der Waals surface area contributed by atoms with Crippen molar-refractivity contribution in [2.45, 2.75) is 13.3 Å². The maximum absolute atomic E-state index is 4.56. The van der Waals surface area contributed by atoms with Crippen molar-refractivity contribution in [1.29, 1.82) is 0 Å². The maximum Gasteiger partial charge on any atom is 0.205 e. The molecule has 3 heterocycles. The molecule has 1 aliphatic heterocycles. The van der Waals surface area contributed by atoms with Crippen LogP contribution in [-0.4, -0.2) is 35.5 Å².